The second-order valence-electron chi connectivity index (χ2n) is 8.61. The summed E-state index contributed by atoms with van der Waals surface area (Å²) in [5.74, 6) is 1.48. The lowest BCUT2D eigenvalue weighted by molar-refractivity contribution is 0.408. The van der Waals surface area contributed by atoms with Gasteiger partial charge >= 0.3 is 0 Å². The summed E-state index contributed by atoms with van der Waals surface area (Å²) in [6, 6.07) is 20.5. The highest BCUT2D eigenvalue weighted by atomic mass is 16.5. The van der Waals surface area contributed by atoms with Crippen molar-refractivity contribution >= 4 is 17.1 Å². The number of phenolic OH excluding ortho intramolecular Hbond substituents is 3. The first-order valence-electron chi connectivity index (χ1n) is 11.1. The van der Waals surface area contributed by atoms with E-state index >= 15 is 0 Å². The summed E-state index contributed by atoms with van der Waals surface area (Å²) < 4.78 is 6.02. The third-order valence-corrected chi connectivity index (χ3v) is 6.19. The highest BCUT2D eigenvalue weighted by Gasteiger charge is 2.21. The summed E-state index contributed by atoms with van der Waals surface area (Å²) in [7, 11) is 0. The predicted molar refractivity (Wildman–Crippen MR) is 136 cm³/mol. The van der Waals surface area contributed by atoms with E-state index in [9.17, 15) is 15.3 Å². The van der Waals surface area contributed by atoms with Gasteiger partial charge in [-0.15, -0.1) is 0 Å². The Balaban J connectivity index is 1.88. The van der Waals surface area contributed by atoms with Gasteiger partial charge in [0.25, 0.3) is 0 Å². The van der Waals surface area contributed by atoms with Crippen LogP contribution in [0.1, 0.15) is 27.8 Å². The normalized spacial score (nSPS) is 10.9. The highest BCUT2D eigenvalue weighted by molar-refractivity contribution is 5.83. The number of aryl methyl sites for hydroxylation is 3. The fourth-order valence-corrected chi connectivity index (χ4v) is 4.07. The van der Waals surface area contributed by atoms with E-state index in [1.807, 2.05) is 100 Å². The van der Waals surface area contributed by atoms with Gasteiger partial charge in [-0.3, -0.25) is 0 Å². The molecule has 4 aromatic carbocycles. The predicted octanol–water partition coefficient (Wildman–Crippen LogP) is 7.61. The first kappa shape index (κ1) is 23.1. The molecule has 0 unspecified atom stereocenters. The maximum absolute atomic E-state index is 10.7. The van der Waals surface area contributed by atoms with Crippen molar-refractivity contribution in [2.75, 3.05) is 4.90 Å². The van der Waals surface area contributed by atoms with Gasteiger partial charge in [0.05, 0.1) is 11.4 Å². The number of para-hydroxylation sites is 1. The van der Waals surface area contributed by atoms with Crippen molar-refractivity contribution in [3.05, 3.63) is 94.5 Å². The van der Waals surface area contributed by atoms with E-state index in [0.717, 1.165) is 44.9 Å². The second kappa shape index (κ2) is 9.02. The lowest BCUT2D eigenvalue weighted by Gasteiger charge is -2.29. The third kappa shape index (κ3) is 4.13. The maximum atomic E-state index is 10.7. The number of rotatable bonds is 5. The Morgan fingerprint density at radius 1 is 0.588 bits per heavy atom. The van der Waals surface area contributed by atoms with E-state index in [1.165, 1.54) is 0 Å². The minimum absolute atomic E-state index is 0.100. The van der Waals surface area contributed by atoms with Gasteiger partial charge < -0.3 is 25.0 Å². The molecule has 0 atom stereocenters. The molecule has 0 heterocycles. The van der Waals surface area contributed by atoms with E-state index in [1.54, 1.807) is 6.07 Å². The summed E-state index contributed by atoms with van der Waals surface area (Å²) in [5, 5.41) is 31.7. The summed E-state index contributed by atoms with van der Waals surface area (Å²) >= 11 is 0. The molecule has 0 spiro atoms. The van der Waals surface area contributed by atoms with Crippen molar-refractivity contribution in [2.24, 2.45) is 0 Å². The van der Waals surface area contributed by atoms with Gasteiger partial charge in [-0.1, -0.05) is 30.3 Å². The smallest absolute Gasteiger partial charge is 0.169 e. The second-order valence-corrected chi connectivity index (χ2v) is 8.61. The third-order valence-electron chi connectivity index (χ3n) is 6.19. The molecule has 0 aliphatic carbocycles. The Bertz CT molecular complexity index is 1320. The van der Waals surface area contributed by atoms with Crippen molar-refractivity contribution in [1.29, 1.82) is 0 Å². The fourth-order valence-electron chi connectivity index (χ4n) is 4.07. The molecule has 0 saturated carbocycles. The zero-order valence-electron chi connectivity index (χ0n) is 20.0. The van der Waals surface area contributed by atoms with Crippen LogP contribution in [0.2, 0.25) is 0 Å². The van der Waals surface area contributed by atoms with Crippen LogP contribution in [0.5, 0.6) is 28.7 Å². The lowest BCUT2D eigenvalue weighted by Crippen LogP contribution is -2.13. The lowest BCUT2D eigenvalue weighted by atomic mass is 10.0. The van der Waals surface area contributed by atoms with Gasteiger partial charge in [0.15, 0.2) is 11.5 Å². The molecule has 174 valence electrons. The molecule has 0 aromatic heterocycles. The molecule has 0 aliphatic rings. The van der Waals surface area contributed by atoms with Crippen LogP contribution in [0.25, 0.3) is 0 Å². The Morgan fingerprint density at radius 2 is 1.12 bits per heavy atom. The van der Waals surface area contributed by atoms with Crippen LogP contribution < -0.4 is 9.64 Å². The zero-order valence-corrected chi connectivity index (χ0v) is 20.0. The SMILES string of the molecule is Cc1cccc(Oc2cccc(N(c3ccc(C)c(O)c3C)c3ccc(C)c(O)c3C)c2)c1O. The number of phenols is 3. The Hall–Kier alpha value is -4.12. The molecule has 4 aromatic rings. The largest absolute Gasteiger partial charge is 0.507 e. The van der Waals surface area contributed by atoms with Crippen molar-refractivity contribution in [1.82, 2.24) is 0 Å². The van der Waals surface area contributed by atoms with Gasteiger partial charge in [-0.2, -0.15) is 0 Å². The van der Waals surface area contributed by atoms with E-state index in [-0.39, 0.29) is 17.2 Å². The van der Waals surface area contributed by atoms with Crippen LogP contribution in [-0.4, -0.2) is 15.3 Å². The molecule has 0 amide bonds. The van der Waals surface area contributed by atoms with Gasteiger partial charge in [0, 0.05) is 22.9 Å². The molecule has 0 aliphatic heterocycles. The summed E-state index contributed by atoms with van der Waals surface area (Å²) in [4.78, 5) is 1.99. The van der Waals surface area contributed by atoms with E-state index < -0.39 is 0 Å². The first-order valence-corrected chi connectivity index (χ1v) is 11.1. The highest BCUT2D eigenvalue weighted by Crippen LogP contribution is 2.44. The number of hydrogen-bond donors (Lipinski definition) is 3. The van der Waals surface area contributed by atoms with Gasteiger partial charge in [-0.25, -0.2) is 0 Å². The van der Waals surface area contributed by atoms with Crippen molar-refractivity contribution in [3.63, 3.8) is 0 Å². The van der Waals surface area contributed by atoms with E-state index in [2.05, 4.69) is 0 Å². The van der Waals surface area contributed by atoms with Gasteiger partial charge in [0.2, 0.25) is 0 Å². The topological polar surface area (TPSA) is 73.2 Å². The average Bonchev–Trinajstić information content (AvgIpc) is 2.82. The Kier molecular flexibility index (Phi) is 6.12. The molecule has 4 rings (SSSR count). The fraction of sp³-hybridized carbons (Fsp3) is 0.172. The summed E-state index contributed by atoms with van der Waals surface area (Å²) in [6.07, 6.45) is 0. The molecule has 0 radical (unpaired) electrons. The minimum atomic E-state index is 0.100. The number of ether oxygens (including phenoxy) is 1. The molecular formula is C29H29NO4. The van der Waals surface area contributed by atoms with Crippen LogP contribution in [0, 0.1) is 34.6 Å². The van der Waals surface area contributed by atoms with Crippen LogP contribution in [0.4, 0.5) is 17.1 Å². The average molecular weight is 456 g/mol. The molecule has 0 saturated heterocycles. The first-order chi connectivity index (χ1) is 16.2. The molecule has 0 fully saturated rings. The molecular weight excluding hydrogens is 426 g/mol. The van der Waals surface area contributed by atoms with Gasteiger partial charge in [0.1, 0.15) is 17.2 Å². The standard InChI is InChI=1S/C29H29NO4/c1-17-8-6-11-26(29(17)33)34-23-10-7-9-22(16-23)30(24-14-12-18(2)27(31)20(24)4)25-15-13-19(3)28(32)21(25)5/h6-16,31-33H,1-5H3. The minimum Gasteiger partial charge on any atom is -0.507 e. The quantitative estimate of drug-likeness (QED) is 0.289. The molecule has 3 N–H and O–H groups in total. The molecule has 0 bridgehead atoms. The molecule has 5 nitrogen and oxygen atoms in total. The van der Waals surface area contributed by atoms with E-state index in [4.69, 9.17) is 4.74 Å². The van der Waals surface area contributed by atoms with Crippen molar-refractivity contribution in [2.45, 2.75) is 34.6 Å². The summed E-state index contributed by atoms with van der Waals surface area (Å²) in [6.45, 7) is 9.29. The van der Waals surface area contributed by atoms with Crippen molar-refractivity contribution < 1.29 is 20.1 Å². The number of aromatic hydroxyl groups is 3. The van der Waals surface area contributed by atoms with Crippen LogP contribution in [0.15, 0.2) is 66.7 Å². The van der Waals surface area contributed by atoms with Crippen LogP contribution in [0.3, 0.4) is 0 Å². The zero-order chi connectivity index (χ0) is 24.6. The van der Waals surface area contributed by atoms with Gasteiger partial charge in [-0.05, 0) is 81.6 Å². The molecule has 34 heavy (non-hydrogen) atoms. The monoisotopic (exact) mass is 455 g/mol. The molecule has 5 heteroatoms. The van der Waals surface area contributed by atoms with Crippen LogP contribution >= 0.6 is 0 Å². The Morgan fingerprint density at radius 3 is 1.71 bits per heavy atom. The summed E-state index contributed by atoms with van der Waals surface area (Å²) in [5.41, 5.74) is 6.10. The number of anilines is 3. The number of nitrogens with zero attached hydrogens (tertiary/aromatic N) is 1. The van der Waals surface area contributed by atoms with Crippen LogP contribution in [-0.2, 0) is 0 Å². The number of benzene rings is 4. The maximum Gasteiger partial charge on any atom is 0.169 e. The Labute approximate surface area is 200 Å². The number of hydrogen-bond acceptors (Lipinski definition) is 5. The van der Waals surface area contributed by atoms with Crippen molar-refractivity contribution in [3.8, 4) is 28.7 Å². The van der Waals surface area contributed by atoms with E-state index in [0.29, 0.717) is 11.5 Å².